The van der Waals surface area contributed by atoms with Crippen LogP contribution >= 0.6 is 23.2 Å². The van der Waals surface area contributed by atoms with Crippen LogP contribution in [0.5, 0.6) is 0 Å². The number of nitrogens with one attached hydrogen (secondary N) is 1. The van der Waals surface area contributed by atoms with Crippen LogP contribution in [0.15, 0.2) is 63.6 Å². The minimum absolute atomic E-state index is 0.0189. The first kappa shape index (κ1) is 46.2. The van der Waals surface area contributed by atoms with E-state index in [-0.39, 0.29) is 59.0 Å². The fourth-order valence-corrected chi connectivity index (χ4v) is 13.8. The van der Waals surface area contributed by atoms with Crippen LogP contribution in [-0.2, 0) is 29.3 Å². The second-order valence-electron chi connectivity index (χ2n) is 18.3. The summed E-state index contributed by atoms with van der Waals surface area (Å²) in [7, 11) is -6.02. The first-order valence-corrected chi connectivity index (χ1v) is 27.2. The van der Waals surface area contributed by atoms with Gasteiger partial charge in [-0.15, -0.1) is 0 Å². The molecule has 0 radical (unpaired) electrons. The Balaban J connectivity index is 0.000000163. The maximum Gasteiger partial charge on any atom is 0.227 e. The highest BCUT2D eigenvalue weighted by Gasteiger charge is 2.39. The normalized spacial score (nSPS) is 20.9. The number of anilines is 1. The lowest BCUT2D eigenvalue weighted by Gasteiger charge is -2.30. The van der Waals surface area contributed by atoms with Gasteiger partial charge in [-0.2, -0.15) is 0 Å². The highest BCUT2D eigenvalue weighted by molar-refractivity contribution is 7.91. The van der Waals surface area contributed by atoms with E-state index in [1.54, 1.807) is 23.1 Å². The lowest BCUT2D eigenvalue weighted by Crippen LogP contribution is -2.31. The van der Waals surface area contributed by atoms with Crippen molar-refractivity contribution in [3.63, 3.8) is 0 Å². The SMILES string of the molecule is Cc1noc(C)c1-c1ccc2c(c1)nc([C@@H]1CCC(=O)N1)n2C1CCS(=O)(=O)CC1.Cc1noc(C)c1-c1ccc2c(c1)nc([C@@H]1CCC(=O)N1c1ccc(Cl)c(Cl)c1)n2C1CCS(=O)(=O)CC1. The van der Waals surface area contributed by atoms with Crippen molar-refractivity contribution >= 4 is 82.4 Å². The Bertz CT molecular complexity index is 3330. The Morgan fingerprint density at radius 3 is 1.60 bits per heavy atom. The molecule has 11 rings (SSSR count). The first-order valence-electron chi connectivity index (χ1n) is 22.8. The molecule has 4 aliphatic heterocycles. The maximum atomic E-state index is 13.1. The smallest absolute Gasteiger partial charge is 0.227 e. The molecule has 2 amide bonds. The third-order valence-electron chi connectivity index (χ3n) is 13.9. The second-order valence-corrected chi connectivity index (χ2v) is 23.7. The lowest BCUT2D eigenvalue weighted by atomic mass is 10.0. The first-order chi connectivity index (χ1) is 32.4. The van der Waals surface area contributed by atoms with Crippen LogP contribution in [-0.4, -0.2) is 81.1 Å². The summed E-state index contributed by atoms with van der Waals surface area (Å²) >= 11 is 12.5. The zero-order valence-electron chi connectivity index (χ0n) is 38.0. The lowest BCUT2D eigenvalue weighted by molar-refractivity contribution is -0.119. The molecule has 0 bridgehead atoms. The molecule has 3 aromatic carbocycles. The molecule has 4 aromatic heterocycles. The van der Waals surface area contributed by atoms with E-state index in [4.69, 9.17) is 42.2 Å². The molecule has 356 valence electrons. The third kappa shape index (κ3) is 8.61. The van der Waals surface area contributed by atoms with Gasteiger partial charge in [0.25, 0.3) is 0 Å². The van der Waals surface area contributed by atoms with Crippen LogP contribution in [0.2, 0.25) is 10.0 Å². The van der Waals surface area contributed by atoms with E-state index in [1.807, 2.05) is 64.1 Å². The minimum atomic E-state index is -3.05. The summed E-state index contributed by atoms with van der Waals surface area (Å²) in [5.74, 6) is 3.69. The Morgan fingerprint density at radius 2 is 1.13 bits per heavy atom. The summed E-state index contributed by atoms with van der Waals surface area (Å²) in [4.78, 5) is 36.8. The van der Waals surface area contributed by atoms with Crippen LogP contribution in [0.4, 0.5) is 5.69 Å². The molecule has 7 aromatic rings. The monoisotopic (exact) mass is 1000 g/mol. The number of imidazole rings is 2. The third-order valence-corrected chi connectivity index (χ3v) is 18.0. The number of hydrogen-bond acceptors (Lipinski definition) is 12. The van der Waals surface area contributed by atoms with E-state index in [0.717, 1.165) is 78.9 Å². The summed E-state index contributed by atoms with van der Waals surface area (Å²) in [5.41, 5.74) is 9.59. The molecule has 4 saturated heterocycles. The van der Waals surface area contributed by atoms with Gasteiger partial charge in [-0.25, -0.2) is 26.8 Å². The number of hydrogen-bond donors (Lipinski definition) is 1. The summed E-state index contributed by atoms with van der Waals surface area (Å²) in [6, 6.07) is 16.9. The van der Waals surface area contributed by atoms with Gasteiger partial charge in [0.2, 0.25) is 11.8 Å². The molecule has 16 nitrogen and oxygen atoms in total. The molecule has 20 heteroatoms. The van der Waals surface area contributed by atoms with E-state index in [0.29, 0.717) is 67.1 Å². The fourth-order valence-electron chi connectivity index (χ4n) is 10.6. The van der Waals surface area contributed by atoms with Crippen molar-refractivity contribution in [1.29, 1.82) is 0 Å². The number of nitrogens with zero attached hydrogens (tertiary/aromatic N) is 7. The van der Waals surface area contributed by atoms with Crippen molar-refractivity contribution in [3.8, 4) is 22.3 Å². The number of sulfone groups is 2. The van der Waals surface area contributed by atoms with Gasteiger partial charge >= 0.3 is 0 Å². The van der Waals surface area contributed by atoms with Crippen molar-refractivity contribution in [1.82, 2.24) is 34.7 Å². The maximum absolute atomic E-state index is 13.1. The van der Waals surface area contributed by atoms with Gasteiger partial charge < -0.3 is 28.4 Å². The molecule has 4 fully saturated rings. The van der Waals surface area contributed by atoms with E-state index >= 15 is 0 Å². The van der Waals surface area contributed by atoms with Gasteiger partial charge in [0.15, 0.2) is 0 Å². The number of aromatic nitrogens is 6. The number of aryl methyl sites for hydroxylation is 4. The summed E-state index contributed by atoms with van der Waals surface area (Å²) in [5, 5.41) is 11.9. The number of halogens is 2. The average molecular weight is 1000 g/mol. The average Bonchev–Trinajstić information content (AvgIpc) is 4.17. The molecule has 0 saturated carbocycles. The fraction of sp³-hybridized carbons (Fsp3) is 0.417. The Labute approximate surface area is 403 Å². The van der Waals surface area contributed by atoms with Crippen LogP contribution in [0.3, 0.4) is 0 Å². The molecule has 0 unspecified atom stereocenters. The van der Waals surface area contributed by atoms with Gasteiger partial charge in [0.1, 0.15) is 42.8 Å². The van der Waals surface area contributed by atoms with Crippen molar-refractivity contribution in [2.45, 2.75) is 103 Å². The van der Waals surface area contributed by atoms with E-state index < -0.39 is 19.7 Å². The van der Waals surface area contributed by atoms with E-state index in [2.05, 4.69) is 24.8 Å². The predicted molar refractivity (Wildman–Crippen MR) is 259 cm³/mol. The zero-order valence-corrected chi connectivity index (χ0v) is 41.1. The Morgan fingerprint density at radius 1 is 0.618 bits per heavy atom. The van der Waals surface area contributed by atoms with Gasteiger partial charge in [0, 0.05) is 41.7 Å². The highest BCUT2D eigenvalue weighted by Crippen LogP contribution is 2.43. The molecule has 4 aliphatic rings. The Kier molecular flexibility index (Phi) is 12.1. The minimum Gasteiger partial charge on any atom is -0.361 e. The van der Waals surface area contributed by atoms with Gasteiger partial charge in [-0.05, 0) is 120 Å². The van der Waals surface area contributed by atoms with Gasteiger partial charge in [-0.3, -0.25) is 9.59 Å². The molecular formula is C48H50Cl2N8O8S2. The number of carbonyl (C=O) groups is 2. The standard InChI is InChI=1S/C27H26Cl2N4O4S.C21H24N4O4S/c1-15-26(16(2)37-31-15)17-3-6-23-22(13-17)30-27(33(23)18-9-11-38(35,36)12-10-18)24-7-8-25(34)32(24)19-4-5-20(28)21(29)14-19;1-12-20(13(2)29-24-12)14-3-5-18-17(11-14)23-21(16-4-6-19(26)22-16)25(18)15-7-9-30(27,28)10-8-15/h3-6,13-14,18,24H,7-12H2,1-2H3;3,5,11,15-16H,4,6-10H2,1-2H3,(H,22,26)/t24-;16-/m00/s1. The molecule has 1 N–H and O–H groups in total. The van der Waals surface area contributed by atoms with E-state index in [1.165, 1.54) is 0 Å². The molecule has 8 heterocycles. The molecule has 0 spiro atoms. The van der Waals surface area contributed by atoms with Crippen LogP contribution in [0.1, 0.15) is 110 Å². The van der Waals surface area contributed by atoms with E-state index in [9.17, 15) is 26.4 Å². The van der Waals surface area contributed by atoms with Crippen LogP contribution < -0.4 is 10.2 Å². The predicted octanol–water partition coefficient (Wildman–Crippen LogP) is 9.24. The zero-order chi connectivity index (χ0) is 47.8. The van der Waals surface area contributed by atoms with Gasteiger partial charge in [0.05, 0.1) is 78.6 Å². The summed E-state index contributed by atoms with van der Waals surface area (Å²) in [6.45, 7) is 7.59. The van der Waals surface area contributed by atoms with Gasteiger partial charge in [-0.1, -0.05) is 45.6 Å². The van der Waals surface area contributed by atoms with Crippen LogP contribution in [0, 0.1) is 27.7 Å². The van der Waals surface area contributed by atoms with Crippen molar-refractivity contribution in [3.05, 3.63) is 99.2 Å². The molecule has 0 aliphatic carbocycles. The Hall–Kier alpha value is -5.56. The highest BCUT2D eigenvalue weighted by atomic mass is 35.5. The molecule has 2 atom stereocenters. The van der Waals surface area contributed by atoms with Crippen molar-refractivity contribution < 1.29 is 35.5 Å². The topological polar surface area (TPSA) is 205 Å². The van der Waals surface area contributed by atoms with Crippen molar-refractivity contribution in [2.75, 3.05) is 27.9 Å². The second kappa shape index (κ2) is 17.8. The number of carbonyl (C=O) groups excluding carboxylic acids is 2. The number of amides is 2. The quantitative estimate of drug-likeness (QED) is 0.159. The summed E-state index contributed by atoms with van der Waals surface area (Å²) < 4.78 is 63.4. The van der Waals surface area contributed by atoms with Crippen LogP contribution in [0.25, 0.3) is 44.3 Å². The largest absolute Gasteiger partial charge is 0.361 e. The number of benzene rings is 3. The summed E-state index contributed by atoms with van der Waals surface area (Å²) in [6.07, 6.45) is 4.27. The number of fused-ring (bicyclic) bond motifs is 2. The number of rotatable bonds is 7. The molecular weight excluding hydrogens is 952 g/mol. The molecule has 68 heavy (non-hydrogen) atoms. The van der Waals surface area contributed by atoms with Crippen molar-refractivity contribution in [2.24, 2.45) is 0 Å².